The van der Waals surface area contributed by atoms with E-state index in [1.807, 2.05) is 75.9 Å². The Morgan fingerprint density at radius 1 is 1.16 bits per heavy atom. The van der Waals surface area contributed by atoms with Crippen LogP contribution in [0.1, 0.15) is 27.7 Å². The summed E-state index contributed by atoms with van der Waals surface area (Å²) in [6.07, 6.45) is 0. The number of nitrogens with zero attached hydrogens (tertiary/aromatic N) is 2. The molecule has 2 amide bonds. The van der Waals surface area contributed by atoms with Gasteiger partial charge in [-0.05, 0) is 52.0 Å². The molecule has 1 rings (SSSR count). The van der Waals surface area contributed by atoms with Gasteiger partial charge in [-0.1, -0.05) is 0 Å². The number of rotatable bonds is 3. The van der Waals surface area contributed by atoms with Crippen LogP contribution in [0.3, 0.4) is 0 Å². The molecule has 0 spiro atoms. The first-order valence-electron chi connectivity index (χ1n) is 6.61. The summed E-state index contributed by atoms with van der Waals surface area (Å²) in [6.45, 7) is 8.77. The highest BCUT2D eigenvalue weighted by molar-refractivity contribution is 5.90. The first kappa shape index (κ1) is 15.3. The lowest BCUT2D eigenvalue weighted by atomic mass is 10.1. The third-order valence-electron chi connectivity index (χ3n) is 3.01. The Bertz CT molecular complexity index is 418. The van der Waals surface area contributed by atoms with E-state index in [0.717, 1.165) is 11.4 Å². The Hall–Kier alpha value is -1.71. The van der Waals surface area contributed by atoms with Crippen molar-refractivity contribution in [3.63, 3.8) is 0 Å². The van der Waals surface area contributed by atoms with Crippen molar-refractivity contribution in [1.82, 2.24) is 4.90 Å². The second-order valence-corrected chi connectivity index (χ2v) is 5.79. The SMILES string of the molecule is CCN(C(=O)Nc1ccc(N(C)C)cc1)C(C)(C)C. The van der Waals surface area contributed by atoms with Crippen LogP contribution in [0.5, 0.6) is 0 Å². The molecule has 0 saturated heterocycles. The number of benzene rings is 1. The zero-order valence-corrected chi connectivity index (χ0v) is 12.8. The predicted octanol–water partition coefficient (Wildman–Crippen LogP) is 3.40. The number of carbonyl (C=O) groups excluding carboxylic acids is 1. The molecule has 0 aliphatic heterocycles. The fourth-order valence-corrected chi connectivity index (χ4v) is 1.96. The lowest BCUT2D eigenvalue weighted by molar-refractivity contribution is 0.162. The zero-order chi connectivity index (χ0) is 14.6. The van der Waals surface area contributed by atoms with Gasteiger partial charge in [-0.3, -0.25) is 0 Å². The van der Waals surface area contributed by atoms with E-state index in [4.69, 9.17) is 0 Å². The van der Waals surface area contributed by atoms with Gasteiger partial charge >= 0.3 is 6.03 Å². The van der Waals surface area contributed by atoms with Crippen LogP contribution in [0.4, 0.5) is 16.2 Å². The van der Waals surface area contributed by atoms with Crippen LogP contribution < -0.4 is 10.2 Å². The summed E-state index contributed by atoms with van der Waals surface area (Å²) >= 11 is 0. The first-order valence-corrected chi connectivity index (χ1v) is 6.61. The summed E-state index contributed by atoms with van der Waals surface area (Å²) in [6, 6.07) is 7.76. The van der Waals surface area contributed by atoms with Gasteiger partial charge in [-0.2, -0.15) is 0 Å². The second kappa shape index (κ2) is 5.95. The molecule has 19 heavy (non-hydrogen) atoms. The Morgan fingerprint density at radius 3 is 2.05 bits per heavy atom. The maximum atomic E-state index is 12.2. The smallest absolute Gasteiger partial charge is 0.322 e. The molecule has 0 fully saturated rings. The molecule has 0 unspecified atom stereocenters. The van der Waals surface area contributed by atoms with Gasteiger partial charge in [0.15, 0.2) is 0 Å². The van der Waals surface area contributed by atoms with E-state index in [2.05, 4.69) is 5.32 Å². The lowest BCUT2D eigenvalue weighted by Gasteiger charge is -2.34. The van der Waals surface area contributed by atoms with E-state index in [1.165, 1.54) is 0 Å². The molecule has 0 heterocycles. The minimum atomic E-state index is -0.178. The number of hydrogen-bond donors (Lipinski definition) is 1. The number of urea groups is 1. The minimum absolute atomic E-state index is 0.0624. The molecule has 0 saturated carbocycles. The Balaban J connectivity index is 2.76. The van der Waals surface area contributed by atoms with E-state index in [0.29, 0.717) is 6.54 Å². The molecule has 0 aliphatic rings. The molecule has 1 aromatic rings. The van der Waals surface area contributed by atoms with Gasteiger partial charge in [0.25, 0.3) is 0 Å². The molecule has 0 bridgehead atoms. The van der Waals surface area contributed by atoms with Crippen molar-refractivity contribution >= 4 is 17.4 Å². The summed E-state index contributed by atoms with van der Waals surface area (Å²) in [5.74, 6) is 0. The van der Waals surface area contributed by atoms with Crippen LogP contribution >= 0.6 is 0 Å². The van der Waals surface area contributed by atoms with Gasteiger partial charge in [-0.25, -0.2) is 4.79 Å². The van der Waals surface area contributed by atoms with Crippen LogP contribution in [-0.4, -0.2) is 37.1 Å². The van der Waals surface area contributed by atoms with E-state index < -0.39 is 0 Å². The van der Waals surface area contributed by atoms with Gasteiger partial charge in [0.05, 0.1) is 0 Å². The normalized spacial score (nSPS) is 11.1. The Morgan fingerprint density at radius 2 is 1.68 bits per heavy atom. The Labute approximate surface area is 116 Å². The van der Waals surface area contributed by atoms with Crippen molar-refractivity contribution in [1.29, 1.82) is 0 Å². The molecule has 1 N–H and O–H groups in total. The average Bonchev–Trinajstić information content (AvgIpc) is 2.28. The molecule has 0 aliphatic carbocycles. The van der Waals surface area contributed by atoms with Crippen molar-refractivity contribution < 1.29 is 4.79 Å². The number of amides is 2. The van der Waals surface area contributed by atoms with Crippen molar-refractivity contribution in [2.24, 2.45) is 0 Å². The van der Waals surface area contributed by atoms with Crippen molar-refractivity contribution in [3.8, 4) is 0 Å². The minimum Gasteiger partial charge on any atom is -0.378 e. The number of anilines is 2. The molecule has 4 nitrogen and oxygen atoms in total. The average molecular weight is 263 g/mol. The molecule has 4 heteroatoms. The fraction of sp³-hybridized carbons (Fsp3) is 0.533. The highest BCUT2D eigenvalue weighted by Gasteiger charge is 2.24. The Kier molecular flexibility index (Phi) is 4.81. The molecule has 1 aromatic carbocycles. The van der Waals surface area contributed by atoms with Crippen LogP contribution in [0.25, 0.3) is 0 Å². The number of nitrogens with one attached hydrogen (secondary N) is 1. The molecule has 0 radical (unpaired) electrons. The highest BCUT2D eigenvalue weighted by atomic mass is 16.2. The molecular weight excluding hydrogens is 238 g/mol. The zero-order valence-electron chi connectivity index (χ0n) is 12.8. The van der Waals surface area contributed by atoms with Gasteiger partial charge in [0.1, 0.15) is 0 Å². The van der Waals surface area contributed by atoms with Gasteiger partial charge in [0.2, 0.25) is 0 Å². The highest BCUT2D eigenvalue weighted by Crippen LogP contribution is 2.18. The summed E-state index contributed by atoms with van der Waals surface area (Å²) in [5.41, 5.74) is 1.75. The standard InChI is InChI=1S/C15H25N3O/c1-7-18(15(2,3)4)14(19)16-12-8-10-13(11-9-12)17(5)6/h8-11H,7H2,1-6H3,(H,16,19). The van der Waals surface area contributed by atoms with Crippen molar-refractivity contribution in [2.75, 3.05) is 30.9 Å². The van der Waals surface area contributed by atoms with Crippen LogP contribution in [0.2, 0.25) is 0 Å². The molecule has 0 atom stereocenters. The largest absolute Gasteiger partial charge is 0.378 e. The maximum Gasteiger partial charge on any atom is 0.322 e. The van der Waals surface area contributed by atoms with E-state index in [9.17, 15) is 4.79 Å². The van der Waals surface area contributed by atoms with Crippen LogP contribution in [0, 0.1) is 0 Å². The summed E-state index contributed by atoms with van der Waals surface area (Å²) in [4.78, 5) is 16.1. The quantitative estimate of drug-likeness (QED) is 0.907. The lowest BCUT2D eigenvalue weighted by Crippen LogP contribution is -2.47. The number of carbonyl (C=O) groups is 1. The number of hydrogen-bond acceptors (Lipinski definition) is 2. The van der Waals surface area contributed by atoms with Crippen LogP contribution in [0.15, 0.2) is 24.3 Å². The second-order valence-electron chi connectivity index (χ2n) is 5.79. The molecular formula is C15H25N3O. The van der Waals surface area contributed by atoms with Crippen molar-refractivity contribution in [2.45, 2.75) is 33.2 Å². The predicted molar refractivity (Wildman–Crippen MR) is 81.9 cm³/mol. The third kappa shape index (κ3) is 4.16. The van der Waals surface area contributed by atoms with Gasteiger partial charge in [0, 0.05) is 37.6 Å². The van der Waals surface area contributed by atoms with E-state index in [1.54, 1.807) is 0 Å². The van der Waals surface area contributed by atoms with E-state index >= 15 is 0 Å². The summed E-state index contributed by atoms with van der Waals surface area (Å²) in [5, 5.41) is 2.93. The summed E-state index contributed by atoms with van der Waals surface area (Å²) in [7, 11) is 3.98. The monoisotopic (exact) mass is 263 g/mol. The topological polar surface area (TPSA) is 35.6 Å². The molecule has 0 aromatic heterocycles. The fourth-order valence-electron chi connectivity index (χ4n) is 1.96. The van der Waals surface area contributed by atoms with E-state index in [-0.39, 0.29) is 11.6 Å². The van der Waals surface area contributed by atoms with Crippen molar-refractivity contribution in [3.05, 3.63) is 24.3 Å². The summed E-state index contributed by atoms with van der Waals surface area (Å²) < 4.78 is 0. The molecule has 106 valence electrons. The first-order chi connectivity index (χ1) is 8.75. The third-order valence-corrected chi connectivity index (χ3v) is 3.01. The van der Waals surface area contributed by atoms with Gasteiger partial charge < -0.3 is 15.1 Å². The maximum absolute atomic E-state index is 12.2. The van der Waals surface area contributed by atoms with Crippen LogP contribution in [-0.2, 0) is 0 Å². The van der Waals surface area contributed by atoms with Gasteiger partial charge in [-0.15, -0.1) is 0 Å².